The van der Waals surface area contributed by atoms with Crippen molar-refractivity contribution in [1.82, 2.24) is 14.7 Å². The average Bonchev–Trinajstić information content (AvgIpc) is 3.29. The number of fused-ring (bicyclic) bond motifs is 1. The Morgan fingerprint density at radius 2 is 1.88 bits per heavy atom. The number of benzene rings is 2. The number of sulfone groups is 1. The summed E-state index contributed by atoms with van der Waals surface area (Å²) in [6.45, 7) is 2.80. The molecule has 0 spiro atoms. The molecule has 4 aromatic rings. The van der Waals surface area contributed by atoms with Gasteiger partial charge in [0.2, 0.25) is 9.84 Å². The smallest absolute Gasteiger partial charge is 0.253 e. The van der Waals surface area contributed by atoms with E-state index in [4.69, 9.17) is 4.74 Å². The molecule has 0 fully saturated rings. The van der Waals surface area contributed by atoms with Gasteiger partial charge in [0.05, 0.1) is 22.0 Å². The Labute approximate surface area is 186 Å². The van der Waals surface area contributed by atoms with E-state index in [1.165, 1.54) is 6.07 Å². The molecule has 0 aliphatic rings. The second kappa shape index (κ2) is 9.23. The fourth-order valence-corrected chi connectivity index (χ4v) is 4.51. The SMILES string of the molecule is CCCOc1cccc(S(=O)(=O)c2ccc(CNC(=O)c3ccc4nccn4c3)cc2)c1. The first-order valence-electron chi connectivity index (χ1n) is 10.2. The van der Waals surface area contributed by atoms with Crippen LogP contribution in [0.15, 0.2) is 89.0 Å². The van der Waals surface area contributed by atoms with Crippen molar-refractivity contribution in [3.05, 3.63) is 90.4 Å². The number of amides is 1. The van der Waals surface area contributed by atoms with Gasteiger partial charge in [0.25, 0.3) is 5.91 Å². The Bertz CT molecular complexity index is 1350. The van der Waals surface area contributed by atoms with E-state index in [1.807, 2.05) is 6.92 Å². The number of hydrogen-bond donors (Lipinski definition) is 1. The van der Waals surface area contributed by atoms with E-state index < -0.39 is 9.84 Å². The van der Waals surface area contributed by atoms with Gasteiger partial charge in [-0.2, -0.15) is 0 Å². The largest absolute Gasteiger partial charge is 0.494 e. The minimum absolute atomic E-state index is 0.182. The van der Waals surface area contributed by atoms with Crippen LogP contribution < -0.4 is 10.1 Å². The molecule has 0 unspecified atom stereocenters. The molecule has 1 amide bonds. The standard InChI is InChI=1S/C24H23N3O4S/c1-2-14-31-20-4-3-5-22(15-20)32(29,30)21-9-6-18(7-10-21)16-26-24(28)19-8-11-23-25-12-13-27(23)17-19/h3-13,15,17H,2,14,16H2,1H3,(H,26,28). The fourth-order valence-electron chi connectivity index (χ4n) is 3.21. The summed E-state index contributed by atoms with van der Waals surface area (Å²) < 4.78 is 33.3. The summed E-state index contributed by atoms with van der Waals surface area (Å²) in [6, 6.07) is 16.5. The lowest BCUT2D eigenvalue weighted by Crippen LogP contribution is -2.23. The van der Waals surface area contributed by atoms with Crippen LogP contribution in [0.4, 0.5) is 0 Å². The summed E-state index contributed by atoms with van der Waals surface area (Å²) in [6.07, 6.45) is 6.00. The number of ether oxygens (including phenoxy) is 1. The Kier molecular flexibility index (Phi) is 6.23. The number of pyridine rings is 1. The summed E-state index contributed by atoms with van der Waals surface area (Å²) in [5, 5.41) is 2.85. The van der Waals surface area contributed by atoms with Crippen molar-refractivity contribution >= 4 is 21.4 Å². The maximum Gasteiger partial charge on any atom is 0.253 e. The van der Waals surface area contributed by atoms with Crippen LogP contribution in [0.25, 0.3) is 5.65 Å². The number of imidazole rings is 1. The van der Waals surface area contributed by atoms with Gasteiger partial charge in [0.15, 0.2) is 0 Å². The zero-order chi connectivity index (χ0) is 22.6. The van der Waals surface area contributed by atoms with Gasteiger partial charge in [0, 0.05) is 25.1 Å². The molecule has 2 heterocycles. The second-order valence-electron chi connectivity index (χ2n) is 7.26. The maximum atomic E-state index is 13.0. The van der Waals surface area contributed by atoms with E-state index in [0.717, 1.165) is 17.6 Å². The van der Waals surface area contributed by atoms with Gasteiger partial charge in [-0.05, 0) is 54.4 Å². The average molecular weight is 450 g/mol. The van der Waals surface area contributed by atoms with Crippen LogP contribution >= 0.6 is 0 Å². The number of hydrogen-bond acceptors (Lipinski definition) is 5. The molecule has 2 aromatic heterocycles. The monoisotopic (exact) mass is 449 g/mol. The Balaban J connectivity index is 1.43. The molecular formula is C24H23N3O4S. The van der Waals surface area contributed by atoms with E-state index in [2.05, 4.69) is 10.3 Å². The minimum atomic E-state index is -3.67. The molecule has 4 rings (SSSR count). The zero-order valence-corrected chi connectivity index (χ0v) is 18.4. The van der Waals surface area contributed by atoms with Crippen LogP contribution in [0.3, 0.4) is 0 Å². The molecule has 7 nitrogen and oxygen atoms in total. The van der Waals surface area contributed by atoms with Crippen LogP contribution in [0.5, 0.6) is 5.75 Å². The highest BCUT2D eigenvalue weighted by Gasteiger charge is 2.18. The first-order chi connectivity index (χ1) is 15.5. The van der Waals surface area contributed by atoms with E-state index in [-0.39, 0.29) is 22.2 Å². The molecule has 0 bridgehead atoms. The van der Waals surface area contributed by atoms with Crippen molar-refractivity contribution in [2.45, 2.75) is 29.7 Å². The third kappa shape index (κ3) is 4.65. The zero-order valence-electron chi connectivity index (χ0n) is 17.6. The van der Waals surface area contributed by atoms with Crippen LogP contribution in [-0.4, -0.2) is 30.3 Å². The quantitative estimate of drug-likeness (QED) is 0.441. The highest BCUT2D eigenvalue weighted by Crippen LogP contribution is 2.24. The van der Waals surface area contributed by atoms with E-state index in [0.29, 0.717) is 17.9 Å². The van der Waals surface area contributed by atoms with Crippen LogP contribution in [-0.2, 0) is 16.4 Å². The van der Waals surface area contributed by atoms with Crippen molar-refractivity contribution in [3.63, 3.8) is 0 Å². The number of nitrogens with one attached hydrogen (secondary N) is 1. The summed E-state index contributed by atoms with van der Waals surface area (Å²) in [5.74, 6) is 0.308. The lowest BCUT2D eigenvalue weighted by molar-refractivity contribution is 0.0950. The van der Waals surface area contributed by atoms with Gasteiger partial charge in [-0.15, -0.1) is 0 Å². The highest BCUT2D eigenvalue weighted by molar-refractivity contribution is 7.91. The minimum Gasteiger partial charge on any atom is -0.494 e. The highest BCUT2D eigenvalue weighted by atomic mass is 32.2. The van der Waals surface area contributed by atoms with Crippen molar-refractivity contribution in [1.29, 1.82) is 0 Å². The number of nitrogens with zero attached hydrogens (tertiary/aromatic N) is 2. The van der Waals surface area contributed by atoms with Crippen molar-refractivity contribution < 1.29 is 17.9 Å². The second-order valence-corrected chi connectivity index (χ2v) is 9.21. The molecule has 8 heteroatoms. The molecule has 0 atom stereocenters. The summed E-state index contributed by atoms with van der Waals surface area (Å²) in [5.41, 5.74) is 2.07. The molecule has 0 saturated heterocycles. The molecule has 164 valence electrons. The Hall–Kier alpha value is -3.65. The first-order valence-corrected chi connectivity index (χ1v) is 11.7. The van der Waals surface area contributed by atoms with Gasteiger partial charge >= 0.3 is 0 Å². The predicted molar refractivity (Wildman–Crippen MR) is 120 cm³/mol. The van der Waals surface area contributed by atoms with Gasteiger partial charge in [-0.1, -0.05) is 25.1 Å². The van der Waals surface area contributed by atoms with E-state index in [9.17, 15) is 13.2 Å². The molecular weight excluding hydrogens is 426 g/mol. The maximum absolute atomic E-state index is 13.0. The van der Waals surface area contributed by atoms with E-state index in [1.54, 1.807) is 77.6 Å². The van der Waals surface area contributed by atoms with Crippen LogP contribution in [0, 0.1) is 0 Å². The lowest BCUT2D eigenvalue weighted by atomic mass is 10.2. The summed E-state index contributed by atoms with van der Waals surface area (Å²) in [7, 11) is -3.67. The molecule has 2 aromatic carbocycles. The Morgan fingerprint density at radius 3 is 2.66 bits per heavy atom. The van der Waals surface area contributed by atoms with Crippen LogP contribution in [0.2, 0.25) is 0 Å². The van der Waals surface area contributed by atoms with Gasteiger partial charge < -0.3 is 14.5 Å². The van der Waals surface area contributed by atoms with Gasteiger partial charge in [-0.25, -0.2) is 13.4 Å². The van der Waals surface area contributed by atoms with Crippen molar-refractivity contribution in [3.8, 4) is 5.75 Å². The molecule has 0 aliphatic carbocycles. The number of aromatic nitrogens is 2. The predicted octanol–water partition coefficient (Wildman–Crippen LogP) is 3.89. The molecule has 0 saturated carbocycles. The molecule has 0 aliphatic heterocycles. The number of rotatable bonds is 8. The molecule has 32 heavy (non-hydrogen) atoms. The Morgan fingerprint density at radius 1 is 1.06 bits per heavy atom. The third-order valence-electron chi connectivity index (χ3n) is 4.93. The van der Waals surface area contributed by atoms with Crippen molar-refractivity contribution in [2.24, 2.45) is 0 Å². The summed E-state index contributed by atoms with van der Waals surface area (Å²) >= 11 is 0. The normalized spacial score (nSPS) is 11.4. The third-order valence-corrected chi connectivity index (χ3v) is 6.69. The van der Waals surface area contributed by atoms with Crippen LogP contribution in [0.1, 0.15) is 29.3 Å². The van der Waals surface area contributed by atoms with E-state index >= 15 is 0 Å². The first kappa shape index (κ1) is 21.6. The molecule has 1 N–H and O–H groups in total. The topological polar surface area (TPSA) is 89.8 Å². The van der Waals surface area contributed by atoms with Gasteiger partial charge in [-0.3, -0.25) is 4.79 Å². The number of carbonyl (C=O) groups excluding carboxylic acids is 1. The van der Waals surface area contributed by atoms with Crippen molar-refractivity contribution in [2.75, 3.05) is 6.61 Å². The lowest BCUT2D eigenvalue weighted by Gasteiger charge is -2.10. The molecule has 0 radical (unpaired) electrons. The van der Waals surface area contributed by atoms with Gasteiger partial charge in [0.1, 0.15) is 11.4 Å². The number of carbonyl (C=O) groups is 1. The summed E-state index contributed by atoms with van der Waals surface area (Å²) in [4.78, 5) is 17.0. The fraction of sp³-hybridized carbons (Fsp3) is 0.167.